The lowest BCUT2D eigenvalue weighted by molar-refractivity contribution is 0.476. The first-order valence-corrected chi connectivity index (χ1v) is 26.1. The highest BCUT2D eigenvalue weighted by Crippen LogP contribution is 2.56. The summed E-state index contributed by atoms with van der Waals surface area (Å²) in [5.41, 5.74) is 17.1. The maximum Gasteiger partial charge on any atom is 0.153 e. The molecule has 6 nitrogen and oxygen atoms in total. The van der Waals surface area contributed by atoms with E-state index < -0.39 is 0 Å². The number of hydrogen-bond acceptors (Lipinski definition) is 6. The van der Waals surface area contributed by atoms with Crippen LogP contribution in [-0.2, 0) is 12.8 Å². The minimum absolute atomic E-state index is 0.772. The molecule has 0 saturated heterocycles. The van der Waals surface area contributed by atoms with Crippen molar-refractivity contribution in [2.24, 2.45) is 0 Å². The molecule has 74 heavy (non-hydrogen) atoms. The predicted octanol–water partition coefficient (Wildman–Crippen LogP) is 20.1. The molecule has 10 aromatic carbocycles. The number of rotatable bonds is 15. The molecule has 0 bridgehead atoms. The van der Waals surface area contributed by atoms with E-state index in [1.165, 1.54) is 24.0 Å². The number of aryl methyl sites for hydroxylation is 2. The standard InChI is InChI=1S/C68H58N4O2/c1-3-5-19-49-29-35-57(36-30-49)71-61-41-33-51(45-65(61)73-67-47-59(39-43-63(67)71)69(53-21-11-7-12-22-53)54-23-13-8-14-24-54)52-34-42-62-66(46-52)74-68-48-60(70(55-25-15-9-16-26-55)56-27-17-10-18-28-56)40-44-64(68)72(62)58-37-31-50(32-38-58)20-6-4-2/h7-18,21-48H,3-6,19-20H2,1-2H3. The first-order chi connectivity index (χ1) is 36.6. The van der Waals surface area contributed by atoms with Gasteiger partial charge in [-0.15, -0.1) is 0 Å². The van der Waals surface area contributed by atoms with Gasteiger partial charge in [0.15, 0.2) is 23.0 Å². The maximum absolute atomic E-state index is 7.09. The Morgan fingerprint density at radius 1 is 0.311 bits per heavy atom. The van der Waals surface area contributed by atoms with E-state index in [2.05, 4.69) is 276 Å². The average Bonchev–Trinajstić information content (AvgIpc) is 3.46. The third-order valence-corrected chi connectivity index (χ3v) is 14.1. The first kappa shape index (κ1) is 46.1. The van der Waals surface area contributed by atoms with Gasteiger partial charge < -0.3 is 29.1 Å². The fraction of sp³-hybridized carbons (Fsp3) is 0.118. The molecular formula is C68H58N4O2. The van der Waals surface area contributed by atoms with Gasteiger partial charge in [-0.2, -0.15) is 0 Å². The lowest BCUT2D eigenvalue weighted by atomic mass is 10.0. The smallest absolute Gasteiger partial charge is 0.153 e. The molecule has 12 rings (SSSR count). The second-order valence-electron chi connectivity index (χ2n) is 19.1. The summed E-state index contributed by atoms with van der Waals surface area (Å²) >= 11 is 0. The predicted molar refractivity (Wildman–Crippen MR) is 308 cm³/mol. The molecule has 0 radical (unpaired) electrons. The quantitative estimate of drug-likeness (QED) is 0.102. The van der Waals surface area contributed by atoms with Crippen molar-refractivity contribution in [2.75, 3.05) is 19.6 Å². The highest BCUT2D eigenvalue weighted by atomic mass is 16.5. The van der Waals surface area contributed by atoms with E-state index in [1.807, 2.05) is 0 Å². The number of hydrogen-bond donors (Lipinski definition) is 0. The monoisotopic (exact) mass is 962 g/mol. The Balaban J connectivity index is 0.951. The Morgan fingerprint density at radius 3 is 0.946 bits per heavy atom. The largest absolute Gasteiger partial charge is 0.453 e. The topological polar surface area (TPSA) is 31.4 Å². The zero-order valence-electron chi connectivity index (χ0n) is 41.9. The minimum Gasteiger partial charge on any atom is -0.453 e. The molecule has 0 aromatic heterocycles. The van der Waals surface area contributed by atoms with Gasteiger partial charge in [0.1, 0.15) is 0 Å². The van der Waals surface area contributed by atoms with Crippen molar-refractivity contribution in [3.63, 3.8) is 0 Å². The molecule has 0 spiro atoms. The van der Waals surface area contributed by atoms with Crippen molar-refractivity contribution in [3.8, 4) is 34.1 Å². The summed E-state index contributed by atoms with van der Waals surface area (Å²) in [5.74, 6) is 3.09. The molecule has 2 aliphatic rings. The molecule has 2 heterocycles. The van der Waals surface area contributed by atoms with Gasteiger partial charge >= 0.3 is 0 Å². The molecule has 0 aliphatic carbocycles. The van der Waals surface area contributed by atoms with Gasteiger partial charge in [-0.05, 0) is 169 Å². The number of ether oxygens (including phenoxy) is 2. The van der Waals surface area contributed by atoms with Gasteiger partial charge in [-0.1, -0.05) is 136 Å². The van der Waals surface area contributed by atoms with Gasteiger partial charge in [0.05, 0.1) is 22.7 Å². The molecule has 0 saturated carbocycles. The number of nitrogens with zero attached hydrogens (tertiary/aromatic N) is 4. The molecule has 6 heteroatoms. The van der Waals surface area contributed by atoms with Crippen LogP contribution in [-0.4, -0.2) is 0 Å². The van der Waals surface area contributed by atoms with E-state index in [4.69, 9.17) is 9.47 Å². The van der Waals surface area contributed by atoms with Crippen molar-refractivity contribution in [1.82, 2.24) is 0 Å². The van der Waals surface area contributed by atoms with Crippen molar-refractivity contribution in [1.29, 1.82) is 0 Å². The van der Waals surface area contributed by atoms with Gasteiger partial charge in [-0.3, -0.25) is 0 Å². The van der Waals surface area contributed by atoms with Crippen LogP contribution in [0, 0.1) is 0 Å². The van der Waals surface area contributed by atoms with Crippen LogP contribution in [0.15, 0.2) is 243 Å². The Kier molecular flexibility index (Phi) is 12.8. The maximum atomic E-state index is 7.09. The van der Waals surface area contributed by atoms with E-state index in [0.29, 0.717) is 0 Å². The molecule has 362 valence electrons. The summed E-state index contributed by atoms with van der Waals surface area (Å²) in [6.45, 7) is 4.49. The van der Waals surface area contributed by atoms with Crippen molar-refractivity contribution in [2.45, 2.75) is 52.4 Å². The van der Waals surface area contributed by atoms with E-state index in [0.717, 1.165) is 128 Å². The van der Waals surface area contributed by atoms with Gasteiger partial charge in [0.25, 0.3) is 0 Å². The molecule has 0 unspecified atom stereocenters. The fourth-order valence-corrected chi connectivity index (χ4v) is 10.4. The number of unbranched alkanes of at least 4 members (excludes halogenated alkanes) is 2. The Labute approximate surface area is 435 Å². The third kappa shape index (κ3) is 9.11. The van der Waals surface area contributed by atoms with Crippen LogP contribution in [0.1, 0.15) is 50.7 Å². The highest BCUT2D eigenvalue weighted by Gasteiger charge is 2.31. The summed E-state index contributed by atoms with van der Waals surface area (Å²) < 4.78 is 14.2. The van der Waals surface area contributed by atoms with Gasteiger partial charge in [-0.25, -0.2) is 0 Å². The van der Waals surface area contributed by atoms with Crippen LogP contribution in [0.2, 0.25) is 0 Å². The number of fused-ring (bicyclic) bond motifs is 4. The number of benzene rings is 10. The zero-order valence-corrected chi connectivity index (χ0v) is 41.9. The second kappa shape index (κ2) is 20.6. The Morgan fingerprint density at radius 2 is 0.622 bits per heavy atom. The Bertz CT molecular complexity index is 3210. The molecule has 0 N–H and O–H groups in total. The first-order valence-electron chi connectivity index (χ1n) is 26.1. The summed E-state index contributed by atoms with van der Waals surface area (Å²) in [7, 11) is 0. The van der Waals surface area contributed by atoms with Crippen LogP contribution in [0.3, 0.4) is 0 Å². The minimum atomic E-state index is 0.772. The van der Waals surface area contributed by atoms with E-state index in [1.54, 1.807) is 0 Å². The van der Waals surface area contributed by atoms with Crippen LogP contribution in [0.25, 0.3) is 11.1 Å². The van der Waals surface area contributed by atoms with Gasteiger partial charge in [0, 0.05) is 57.6 Å². The van der Waals surface area contributed by atoms with Crippen LogP contribution < -0.4 is 29.1 Å². The second-order valence-corrected chi connectivity index (χ2v) is 19.1. The molecule has 0 atom stereocenters. The van der Waals surface area contributed by atoms with E-state index in [9.17, 15) is 0 Å². The lowest BCUT2D eigenvalue weighted by Gasteiger charge is -2.35. The number of para-hydroxylation sites is 4. The molecule has 2 aliphatic heterocycles. The summed E-state index contributed by atoms with van der Waals surface area (Å²) in [6.07, 6.45) is 6.79. The van der Waals surface area contributed by atoms with Gasteiger partial charge in [0.2, 0.25) is 0 Å². The lowest BCUT2D eigenvalue weighted by Crippen LogP contribution is -2.17. The zero-order chi connectivity index (χ0) is 49.8. The molecular weight excluding hydrogens is 905 g/mol. The van der Waals surface area contributed by atoms with E-state index >= 15 is 0 Å². The molecule has 0 fully saturated rings. The van der Waals surface area contributed by atoms with Crippen LogP contribution >= 0.6 is 0 Å². The molecule has 0 amide bonds. The fourth-order valence-electron chi connectivity index (χ4n) is 10.4. The average molecular weight is 963 g/mol. The summed E-state index contributed by atoms with van der Waals surface area (Å²) in [5, 5.41) is 0. The molecule has 10 aromatic rings. The summed E-state index contributed by atoms with van der Waals surface area (Å²) in [6, 6.07) is 86.5. The third-order valence-electron chi connectivity index (χ3n) is 14.1. The van der Waals surface area contributed by atoms with E-state index in [-0.39, 0.29) is 0 Å². The highest BCUT2D eigenvalue weighted by molar-refractivity contribution is 5.93. The van der Waals surface area contributed by atoms with Crippen molar-refractivity contribution in [3.05, 3.63) is 254 Å². The Hall–Kier alpha value is -9.00. The van der Waals surface area contributed by atoms with Crippen LogP contribution in [0.4, 0.5) is 68.2 Å². The normalized spacial score (nSPS) is 12.1. The number of anilines is 12. The van der Waals surface area contributed by atoms with Crippen molar-refractivity contribution >= 4 is 68.2 Å². The SMILES string of the molecule is CCCCc1ccc(N2c3ccc(-c4ccc5c(c4)Oc4cc(N(c6ccccc6)c6ccccc6)ccc4N5c4ccc(CCCC)cc4)cc3Oc3cc(N(c4ccccc4)c4ccccc4)ccc32)cc1. The summed E-state index contributed by atoms with van der Waals surface area (Å²) in [4.78, 5) is 9.23. The van der Waals surface area contributed by atoms with Crippen LogP contribution in [0.5, 0.6) is 23.0 Å². The van der Waals surface area contributed by atoms with Crippen molar-refractivity contribution < 1.29 is 9.47 Å².